The van der Waals surface area contributed by atoms with Gasteiger partial charge in [0, 0.05) is 16.1 Å². The minimum atomic E-state index is -0.381. The van der Waals surface area contributed by atoms with Crippen LogP contribution in [0.5, 0.6) is 0 Å². The number of halogens is 2. The zero-order valence-electron chi connectivity index (χ0n) is 8.24. The molecule has 0 amide bonds. The molecule has 0 bridgehead atoms. The molecule has 0 N–H and O–H groups in total. The first-order valence-corrected chi connectivity index (χ1v) is 5.04. The van der Waals surface area contributed by atoms with E-state index in [-0.39, 0.29) is 5.82 Å². The van der Waals surface area contributed by atoms with E-state index in [4.69, 9.17) is 16.9 Å². The van der Waals surface area contributed by atoms with E-state index >= 15 is 0 Å². The monoisotopic (exact) mass is 231 g/mol. The quantitative estimate of drug-likeness (QED) is 0.727. The Morgan fingerprint density at radius 2 is 1.81 bits per heavy atom. The first-order valence-electron chi connectivity index (χ1n) is 4.67. The molecule has 0 heterocycles. The standard InChI is InChI=1S/C13H7ClFN/c14-13-4-2-1-3-11(13)12-7-10(15)6-5-9(12)8-16/h1-7H. The van der Waals surface area contributed by atoms with Crippen molar-refractivity contribution in [3.8, 4) is 17.2 Å². The Morgan fingerprint density at radius 1 is 1.06 bits per heavy atom. The zero-order valence-corrected chi connectivity index (χ0v) is 9.00. The van der Waals surface area contributed by atoms with Crippen LogP contribution < -0.4 is 0 Å². The van der Waals surface area contributed by atoms with Crippen molar-refractivity contribution in [2.24, 2.45) is 0 Å². The van der Waals surface area contributed by atoms with Gasteiger partial charge in [-0.1, -0.05) is 29.8 Å². The largest absolute Gasteiger partial charge is 0.207 e. The Balaban J connectivity index is 2.69. The van der Waals surface area contributed by atoms with Gasteiger partial charge in [-0.25, -0.2) is 4.39 Å². The number of nitrogens with zero attached hydrogens (tertiary/aromatic N) is 1. The summed E-state index contributed by atoms with van der Waals surface area (Å²) in [5, 5.41) is 9.45. The second-order valence-electron chi connectivity index (χ2n) is 3.28. The predicted octanol–water partition coefficient (Wildman–Crippen LogP) is 4.02. The average Bonchev–Trinajstić information content (AvgIpc) is 2.29. The molecule has 0 spiro atoms. The van der Waals surface area contributed by atoms with Gasteiger partial charge in [-0.15, -0.1) is 0 Å². The lowest BCUT2D eigenvalue weighted by molar-refractivity contribution is 0.628. The lowest BCUT2D eigenvalue weighted by atomic mass is 10.0. The van der Waals surface area contributed by atoms with Crippen molar-refractivity contribution in [3.05, 3.63) is 58.9 Å². The molecule has 2 aromatic carbocycles. The highest BCUT2D eigenvalue weighted by molar-refractivity contribution is 6.33. The Bertz CT molecular complexity index is 572. The van der Waals surface area contributed by atoms with Crippen molar-refractivity contribution in [3.63, 3.8) is 0 Å². The van der Waals surface area contributed by atoms with E-state index in [1.165, 1.54) is 18.2 Å². The smallest absolute Gasteiger partial charge is 0.123 e. The van der Waals surface area contributed by atoms with Gasteiger partial charge >= 0.3 is 0 Å². The SMILES string of the molecule is N#Cc1ccc(F)cc1-c1ccccc1Cl. The van der Waals surface area contributed by atoms with E-state index < -0.39 is 0 Å². The van der Waals surface area contributed by atoms with Crippen molar-refractivity contribution in [2.45, 2.75) is 0 Å². The molecule has 0 unspecified atom stereocenters. The van der Waals surface area contributed by atoms with Gasteiger partial charge in [0.15, 0.2) is 0 Å². The number of benzene rings is 2. The Labute approximate surface area is 97.7 Å². The summed E-state index contributed by atoms with van der Waals surface area (Å²) in [6, 6.07) is 13.1. The fourth-order valence-electron chi connectivity index (χ4n) is 1.52. The van der Waals surface area contributed by atoms with Gasteiger partial charge in [-0.2, -0.15) is 5.26 Å². The van der Waals surface area contributed by atoms with Crippen molar-refractivity contribution in [1.82, 2.24) is 0 Å². The van der Waals surface area contributed by atoms with E-state index in [1.54, 1.807) is 24.3 Å². The Hall–Kier alpha value is -1.85. The molecule has 0 atom stereocenters. The molecule has 0 radical (unpaired) electrons. The number of hydrogen-bond acceptors (Lipinski definition) is 1. The summed E-state index contributed by atoms with van der Waals surface area (Å²) < 4.78 is 13.1. The minimum absolute atomic E-state index is 0.381. The molecule has 0 saturated carbocycles. The van der Waals surface area contributed by atoms with Gasteiger partial charge in [-0.05, 0) is 24.3 Å². The lowest BCUT2D eigenvalue weighted by Crippen LogP contribution is -1.87. The first-order chi connectivity index (χ1) is 7.72. The maximum atomic E-state index is 13.1. The molecule has 78 valence electrons. The van der Waals surface area contributed by atoms with Crippen molar-refractivity contribution >= 4 is 11.6 Å². The van der Waals surface area contributed by atoms with Crippen molar-refractivity contribution < 1.29 is 4.39 Å². The van der Waals surface area contributed by atoms with Crippen LogP contribution in [0.25, 0.3) is 11.1 Å². The van der Waals surface area contributed by atoms with Gasteiger partial charge in [0.05, 0.1) is 11.6 Å². The van der Waals surface area contributed by atoms with Crippen molar-refractivity contribution in [1.29, 1.82) is 5.26 Å². The van der Waals surface area contributed by atoms with Gasteiger partial charge in [0.2, 0.25) is 0 Å². The van der Waals surface area contributed by atoms with Crippen LogP contribution in [0.15, 0.2) is 42.5 Å². The number of rotatable bonds is 1. The summed E-state index contributed by atoms with van der Waals surface area (Å²) in [7, 11) is 0. The van der Waals surface area contributed by atoms with Crippen LogP contribution in [-0.2, 0) is 0 Å². The van der Waals surface area contributed by atoms with Crippen molar-refractivity contribution in [2.75, 3.05) is 0 Å². The fraction of sp³-hybridized carbons (Fsp3) is 0. The molecule has 0 aliphatic carbocycles. The molecule has 2 rings (SSSR count). The van der Waals surface area contributed by atoms with E-state index in [2.05, 4.69) is 0 Å². The number of nitriles is 1. The Kier molecular flexibility index (Phi) is 2.89. The highest BCUT2D eigenvalue weighted by atomic mass is 35.5. The highest BCUT2D eigenvalue weighted by Gasteiger charge is 2.08. The topological polar surface area (TPSA) is 23.8 Å². The van der Waals surface area contributed by atoms with E-state index in [9.17, 15) is 4.39 Å². The van der Waals surface area contributed by atoms with Crippen LogP contribution >= 0.6 is 11.6 Å². The molecule has 0 fully saturated rings. The minimum Gasteiger partial charge on any atom is -0.207 e. The molecule has 0 saturated heterocycles. The fourth-order valence-corrected chi connectivity index (χ4v) is 1.75. The van der Waals surface area contributed by atoms with Crippen LogP contribution in [-0.4, -0.2) is 0 Å². The molecule has 0 aliphatic rings. The molecular weight excluding hydrogens is 225 g/mol. The summed E-state index contributed by atoms with van der Waals surface area (Å²) in [4.78, 5) is 0. The van der Waals surface area contributed by atoms with Crippen LogP contribution in [0.3, 0.4) is 0 Å². The van der Waals surface area contributed by atoms with Gasteiger partial charge in [-0.3, -0.25) is 0 Å². The molecule has 16 heavy (non-hydrogen) atoms. The first kappa shape index (κ1) is 10.7. The maximum absolute atomic E-state index is 13.1. The van der Waals surface area contributed by atoms with Crippen LogP contribution in [0.1, 0.15) is 5.56 Å². The highest BCUT2D eigenvalue weighted by Crippen LogP contribution is 2.30. The van der Waals surface area contributed by atoms with Crippen LogP contribution in [0.4, 0.5) is 4.39 Å². The molecule has 2 aromatic rings. The van der Waals surface area contributed by atoms with E-state index in [1.807, 2.05) is 6.07 Å². The summed E-state index contributed by atoms with van der Waals surface area (Å²) in [5.74, 6) is -0.381. The third kappa shape index (κ3) is 1.91. The second kappa shape index (κ2) is 4.34. The zero-order chi connectivity index (χ0) is 11.5. The molecule has 3 heteroatoms. The second-order valence-corrected chi connectivity index (χ2v) is 3.69. The summed E-state index contributed by atoms with van der Waals surface area (Å²) in [5.41, 5.74) is 1.60. The summed E-state index contributed by atoms with van der Waals surface area (Å²) >= 11 is 6.01. The summed E-state index contributed by atoms with van der Waals surface area (Å²) in [6.07, 6.45) is 0. The number of hydrogen-bond donors (Lipinski definition) is 0. The van der Waals surface area contributed by atoms with Crippen LogP contribution in [0, 0.1) is 17.1 Å². The third-order valence-electron chi connectivity index (χ3n) is 2.27. The molecule has 0 aromatic heterocycles. The van der Waals surface area contributed by atoms with Crippen LogP contribution in [0.2, 0.25) is 5.02 Å². The summed E-state index contributed by atoms with van der Waals surface area (Å²) in [6.45, 7) is 0. The normalized spacial score (nSPS) is 9.81. The average molecular weight is 232 g/mol. The molecular formula is C13H7ClFN. The third-order valence-corrected chi connectivity index (χ3v) is 2.60. The lowest BCUT2D eigenvalue weighted by Gasteiger charge is -2.06. The van der Waals surface area contributed by atoms with Gasteiger partial charge in [0.1, 0.15) is 5.82 Å². The molecule has 0 aliphatic heterocycles. The Morgan fingerprint density at radius 3 is 2.50 bits per heavy atom. The van der Waals surface area contributed by atoms with Gasteiger partial charge < -0.3 is 0 Å². The predicted molar refractivity (Wildman–Crippen MR) is 61.6 cm³/mol. The molecule has 1 nitrogen and oxygen atoms in total. The maximum Gasteiger partial charge on any atom is 0.123 e. The van der Waals surface area contributed by atoms with E-state index in [0.717, 1.165) is 0 Å². The van der Waals surface area contributed by atoms with E-state index in [0.29, 0.717) is 21.7 Å². The van der Waals surface area contributed by atoms with Gasteiger partial charge in [0.25, 0.3) is 0 Å².